The molecule has 14 nitrogen and oxygen atoms in total. The van der Waals surface area contributed by atoms with Gasteiger partial charge in [-0.05, 0) is 32.9 Å². The molecule has 40 heavy (non-hydrogen) atoms. The van der Waals surface area contributed by atoms with Crippen LogP contribution in [0.25, 0.3) is 0 Å². The SMILES string of the molecule is COC(=O)[C@@H]1[C@@H](CC(=O)OC(C)(C)C)[C@@H](OC(=O)c2cc([N+](=O)[O-])cc([N+](=O)[O-])c2)CN1C(=O)c1ccccc1. The second-order valence-corrected chi connectivity index (χ2v) is 9.94. The molecule has 1 heterocycles. The first-order chi connectivity index (χ1) is 18.7. The average molecular weight is 558 g/mol. The Balaban J connectivity index is 2.02. The Morgan fingerprint density at radius 3 is 2.02 bits per heavy atom. The van der Waals surface area contributed by atoms with Gasteiger partial charge in [0, 0.05) is 23.6 Å². The molecule has 3 rings (SSSR count). The number of amides is 1. The molecule has 0 unspecified atom stereocenters. The molecule has 0 aliphatic carbocycles. The fourth-order valence-corrected chi connectivity index (χ4v) is 4.33. The molecule has 14 heteroatoms. The summed E-state index contributed by atoms with van der Waals surface area (Å²) in [7, 11) is 1.10. The van der Waals surface area contributed by atoms with Crippen LogP contribution in [0.15, 0.2) is 48.5 Å². The number of rotatable bonds is 8. The maximum atomic E-state index is 13.4. The van der Waals surface area contributed by atoms with Crippen molar-refractivity contribution in [3.8, 4) is 0 Å². The highest BCUT2D eigenvalue weighted by Crippen LogP contribution is 2.34. The number of methoxy groups -OCH3 is 1. The lowest BCUT2D eigenvalue weighted by molar-refractivity contribution is -0.394. The van der Waals surface area contributed by atoms with Crippen LogP contribution >= 0.6 is 0 Å². The van der Waals surface area contributed by atoms with Crippen LogP contribution in [0, 0.1) is 26.1 Å². The summed E-state index contributed by atoms with van der Waals surface area (Å²) in [6.07, 6.45) is -1.74. The van der Waals surface area contributed by atoms with E-state index in [0.717, 1.165) is 24.1 Å². The lowest BCUT2D eigenvalue weighted by Gasteiger charge is -2.27. The van der Waals surface area contributed by atoms with Crippen molar-refractivity contribution in [2.24, 2.45) is 5.92 Å². The van der Waals surface area contributed by atoms with E-state index in [4.69, 9.17) is 14.2 Å². The van der Waals surface area contributed by atoms with Gasteiger partial charge in [0.05, 0.1) is 41.6 Å². The summed E-state index contributed by atoms with van der Waals surface area (Å²) in [5.41, 5.74) is -2.60. The van der Waals surface area contributed by atoms with Gasteiger partial charge in [-0.15, -0.1) is 0 Å². The van der Waals surface area contributed by atoms with E-state index in [1.165, 1.54) is 12.1 Å². The Kier molecular flexibility index (Phi) is 8.82. The molecule has 1 fully saturated rings. The first-order valence-corrected chi connectivity index (χ1v) is 12.0. The maximum Gasteiger partial charge on any atom is 0.338 e. The van der Waals surface area contributed by atoms with E-state index in [0.29, 0.717) is 6.07 Å². The molecule has 0 aromatic heterocycles. The van der Waals surface area contributed by atoms with Crippen molar-refractivity contribution in [2.75, 3.05) is 13.7 Å². The van der Waals surface area contributed by atoms with Gasteiger partial charge < -0.3 is 19.1 Å². The number of nitro groups is 2. The lowest BCUT2D eigenvalue weighted by atomic mass is 9.93. The van der Waals surface area contributed by atoms with Crippen LogP contribution < -0.4 is 0 Å². The molecule has 1 amide bonds. The number of hydrogen-bond acceptors (Lipinski definition) is 11. The smallest absolute Gasteiger partial charge is 0.338 e. The number of nitro benzene ring substituents is 2. The highest BCUT2D eigenvalue weighted by atomic mass is 16.6. The third-order valence-corrected chi connectivity index (χ3v) is 5.96. The Labute approximate surface area is 228 Å². The molecule has 3 atom stereocenters. The van der Waals surface area contributed by atoms with Crippen LogP contribution in [0.3, 0.4) is 0 Å². The van der Waals surface area contributed by atoms with Gasteiger partial charge in [0.15, 0.2) is 0 Å². The summed E-state index contributed by atoms with van der Waals surface area (Å²) >= 11 is 0. The highest BCUT2D eigenvalue weighted by Gasteiger charge is 2.51. The standard InChI is InChI=1S/C26H27N3O11/c1-26(2,3)40-21(30)13-19-20(39-24(32)16-10-17(28(34)35)12-18(11-16)29(36)37)14-27(22(19)25(33)38-4)23(31)15-8-6-5-7-9-15/h5-12,19-20,22H,13-14H2,1-4H3/t19-,20-,22-/m0/s1. The Hall–Kier alpha value is -4.88. The van der Waals surface area contributed by atoms with Crippen LogP contribution in [0.4, 0.5) is 11.4 Å². The van der Waals surface area contributed by atoms with Crippen LogP contribution in [-0.2, 0) is 23.8 Å². The predicted molar refractivity (Wildman–Crippen MR) is 136 cm³/mol. The topological polar surface area (TPSA) is 185 Å². The van der Waals surface area contributed by atoms with Crippen molar-refractivity contribution in [3.63, 3.8) is 0 Å². The van der Waals surface area contributed by atoms with Crippen molar-refractivity contribution < 1.29 is 43.2 Å². The van der Waals surface area contributed by atoms with E-state index in [1.54, 1.807) is 39.0 Å². The largest absolute Gasteiger partial charge is 0.467 e. The number of carbonyl (C=O) groups is 4. The quantitative estimate of drug-likeness (QED) is 0.201. The van der Waals surface area contributed by atoms with Crippen LogP contribution in [0.1, 0.15) is 47.9 Å². The fraction of sp³-hybridized carbons (Fsp3) is 0.385. The van der Waals surface area contributed by atoms with E-state index in [9.17, 15) is 39.4 Å². The predicted octanol–water partition coefficient (Wildman–Crippen LogP) is 3.07. The van der Waals surface area contributed by atoms with Crippen molar-refractivity contribution in [3.05, 3.63) is 79.9 Å². The lowest BCUT2D eigenvalue weighted by Crippen LogP contribution is -2.44. The van der Waals surface area contributed by atoms with Gasteiger partial charge in [-0.25, -0.2) is 9.59 Å². The third-order valence-electron chi connectivity index (χ3n) is 5.96. The molecular weight excluding hydrogens is 530 g/mol. The van der Waals surface area contributed by atoms with E-state index >= 15 is 0 Å². The first-order valence-electron chi connectivity index (χ1n) is 12.0. The summed E-state index contributed by atoms with van der Waals surface area (Å²) in [5, 5.41) is 22.5. The summed E-state index contributed by atoms with van der Waals surface area (Å²) in [6.45, 7) is 4.56. The number of nitrogens with zero attached hydrogens (tertiary/aromatic N) is 3. The molecule has 0 saturated carbocycles. The van der Waals surface area contributed by atoms with Gasteiger partial charge in [0.1, 0.15) is 17.7 Å². The number of esters is 3. The monoisotopic (exact) mass is 557 g/mol. The molecule has 1 aliphatic heterocycles. The zero-order valence-corrected chi connectivity index (χ0v) is 22.1. The van der Waals surface area contributed by atoms with Crippen molar-refractivity contribution >= 4 is 35.2 Å². The average Bonchev–Trinajstić information content (AvgIpc) is 3.23. The van der Waals surface area contributed by atoms with Crippen molar-refractivity contribution in [1.29, 1.82) is 0 Å². The van der Waals surface area contributed by atoms with Gasteiger partial charge >= 0.3 is 17.9 Å². The number of hydrogen-bond donors (Lipinski definition) is 0. The molecule has 0 bridgehead atoms. The number of ether oxygens (including phenoxy) is 3. The third kappa shape index (κ3) is 6.95. The van der Waals surface area contributed by atoms with E-state index in [1.807, 2.05) is 0 Å². The van der Waals surface area contributed by atoms with Gasteiger partial charge in [0.25, 0.3) is 17.3 Å². The van der Waals surface area contributed by atoms with Crippen molar-refractivity contribution in [2.45, 2.75) is 44.9 Å². The second-order valence-electron chi connectivity index (χ2n) is 9.94. The Morgan fingerprint density at radius 2 is 1.52 bits per heavy atom. The van der Waals surface area contributed by atoms with Crippen molar-refractivity contribution in [1.82, 2.24) is 4.90 Å². The highest BCUT2D eigenvalue weighted by molar-refractivity contribution is 5.98. The second kappa shape index (κ2) is 11.9. The van der Waals surface area contributed by atoms with Crippen LogP contribution in [0.2, 0.25) is 0 Å². The number of likely N-dealkylation sites (tertiary alicyclic amines) is 1. The minimum Gasteiger partial charge on any atom is -0.467 e. The molecule has 1 aliphatic rings. The summed E-state index contributed by atoms with van der Waals surface area (Å²) < 4.78 is 15.8. The molecular formula is C26H27N3O11. The summed E-state index contributed by atoms with van der Waals surface area (Å²) in [5.74, 6) is -4.54. The van der Waals surface area contributed by atoms with Gasteiger partial charge in [0.2, 0.25) is 0 Å². The first kappa shape index (κ1) is 29.7. The molecule has 2 aromatic carbocycles. The van der Waals surface area contributed by atoms with E-state index in [2.05, 4.69) is 0 Å². The van der Waals surface area contributed by atoms with Crippen LogP contribution in [0.5, 0.6) is 0 Å². The number of benzene rings is 2. The maximum absolute atomic E-state index is 13.4. The minimum absolute atomic E-state index is 0.216. The number of carbonyl (C=O) groups excluding carboxylic acids is 4. The Bertz CT molecular complexity index is 1300. The molecule has 2 aromatic rings. The molecule has 0 radical (unpaired) electrons. The van der Waals surface area contributed by atoms with Crippen LogP contribution in [-0.4, -0.2) is 70.0 Å². The number of non-ortho nitro benzene ring substituents is 2. The molecule has 1 saturated heterocycles. The fourth-order valence-electron chi connectivity index (χ4n) is 4.33. The molecule has 212 valence electrons. The molecule has 0 N–H and O–H groups in total. The van der Waals surface area contributed by atoms with E-state index in [-0.39, 0.29) is 12.1 Å². The zero-order chi connectivity index (χ0) is 29.8. The van der Waals surface area contributed by atoms with E-state index < -0.39 is 80.7 Å². The van der Waals surface area contributed by atoms with Gasteiger partial charge in [-0.1, -0.05) is 18.2 Å². The Morgan fingerprint density at radius 1 is 0.950 bits per heavy atom. The minimum atomic E-state index is -1.36. The summed E-state index contributed by atoms with van der Waals surface area (Å²) in [4.78, 5) is 74.0. The van der Waals surface area contributed by atoms with Gasteiger partial charge in [-0.3, -0.25) is 29.8 Å². The van der Waals surface area contributed by atoms with Gasteiger partial charge in [-0.2, -0.15) is 0 Å². The zero-order valence-electron chi connectivity index (χ0n) is 22.1. The molecule has 0 spiro atoms. The normalized spacial score (nSPS) is 18.5. The summed E-state index contributed by atoms with van der Waals surface area (Å²) in [6, 6.07) is 8.88.